The zero-order valence-corrected chi connectivity index (χ0v) is 19.9. The molecule has 0 fully saturated rings. The lowest BCUT2D eigenvalue weighted by atomic mass is 9.96. The van der Waals surface area contributed by atoms with Crippen LogP contribution in [-0.4, -0.2) is 31.4 Å². The van der Waals surface area contributed by atoms with Crippen molar-refractivity contribution in [3.63, 3.8) is 0 Å². The van der Waals surface area contributed by atoms with E-state index in [1.54, 1.807) is 57.4 Å². The molecule has 2 heterocycles. The van der Waals surface area contributed by atoms with Crippen LogP contribution in [0.15, 0.2) is 63.5 Å². The van der Waals surface area contributed by atoms with Gasteiger partial charge in [0.25, 0.3) is 5.56 Å². The van der Waals surface area contributed by atoms with Crippen LogP contribution in [0, 0.1) is 5.82 Å². The summed E-state index contributed by atoms with van der Waals surface area (Å²) < 4.78 is 31.5. The number of hydrogen-bond acceptors (Lipinski definition) is 7. The number of carbonyl (C=O) groups excluding carboxylic acids is 1. The average molecular weight is 483 g/mol. The van der Waals surface area contributed by atoms with Crippen molar-refractivity contribution in [2.45, 2.75) is 19.9 Å². The fraction of sp³-hybridized carbons (Fsp3) is 0.240. The molecule has 0 amide bonds. The summed E-state index contributed by atoms with van der Waals surface area (Å²) in [6.07, 6.45) is 1.72. The largest absolute Gasteiger partial charge is 0.497 e. The van der Waals surface area contributed by atoms with Crippen molar-refractivity contribution in [2.24, 2.45) is 4.99 Å². The number of hydrogen-bond donors (Lipinski definition) is 0. The minimum atomic E-state index is -0.796. The number of rotatable bonds is 6. The summed E-state index contributed by atoms with van der Waals surface area (Å²) in [6.45, 7) is 3.58. The lowest BCUT2D eigenvalue weighted by Gasteiger charge is -2.24. The Morgan fingerprint density at radius 3 is 2.56 bits per heavy atom. The first-order valence-electron chi connectivity index (χ1n) is 10.5. The van der Waals surface area contributed by atoms with Gasteiger partial charge in [-0.25, -0.2) is 14.2 Å². The Morgan fingerprint density at radius 2 is 1.91 bits per heavy atom. The lowest BCUT2D eigenvalue weighted by Crippen LogP contribution is -2.39. The van der Waals surface area contributed by atoms with Gasteiger partial charge in [-0.15, -0.1) is 0 Å². The van der Waals surface area contributed by atoms with E-state index in [1.165, 1.54) is 35.1 Å². The first-order valence-corrected chi connectivity index (χ1v) is 11.4. The van der Waals surface area contributed by atoms with Crippen LogP contribution in [0.3, 0.4) is 0 Å². The number of aromatic nitrogens is 1. The number of fused-ring (bicyclic) bond motifs is 1. The van der Waals surface area contributed by atoms with Gasteiger partial charge in [0.1, 0.15) is 17.3 Å². The quantitative estimate of drug-likeness (QED) is 0.505. The van der Waals surface area contributed by atoms with Crippen molar-refractivity contribution in [1.82, 2.24) is 4.57 Å². The van der Waals surface area contributed by atoms with Gasteiger partial charge in [-0.2, -0.15) is 0 Å². The van der Waals surface area contributed by atoms with Gasteiger partial charge in [-0.1, -0.05) is 23.5 Å². The Morgan fingerprint density at radius 1 is 1.18 bits per heavy atom. The van der Waals surface area contributed by atoms with Crippen molar-refractivity contribution in [1.29, 1.82) is 0 Å². The molecular weight excluding hydrogens is 459 g/mol. The lowest BCUT2D eigenvalue weighted by molar-refractivity contribution is -0.139. The zero-order valence-electron chi connectivity index (χ0n) is 19.1. The molecule has 34 heavy (non-hydrogen) atoms. The highest BCUT2D eigenvalue weighted by Gasteiger charge is 2.33. The number of methoxy groups -OCH3 is 2. The predicted molar refractivity (Wildman–Crippen MR) is 126 cm³/mol. The molecule has 7 nitrogen and oxygen atoms in total. The maximum absolute atomic E-state index is 13.6. The summed E-state index contributed by atoms with van der Waals surface area (Å²) in [7, 11) is 3.10. The van der Waals surface area contributed by atoms with E-state index in [9.17, 15) is 14.0 Å². The Bertz CT molecular complexity index is 1450. The summed E-state index contributed by atoms with van der Waals surface area (Å²) in [5.41, 5.74) is 1.63. The third kappa shape index (κ3) is 4.26. The number of allylic oxidation sites excluding steroid dienone is 1. The van der Waals surface area contributed by atoms with E-state index in [0.29, 0.717) is 37.7 Å². The second kappa shape index (κ2) is 9.64. The van der Waals surface area contributed by atoms with Crippen LogP contribution in [-0.2, 0) is 9.53 Å². The number of ether oxygens (including phenoxy) is 3. The maximum atomic E-state index is 13.6. The molecule has 0 N–H and O–H groups in total. The van der Waals surface area contributed by atoms with Gasteiger partial charge < -0.3 is 14.2 Å². The predicted octanol–water partition coefficient (Wildman–Crippen LogP) is 2.95. The van der Waals surface area contributed by atoms with Crippen LogP contribution < -0.4 is 24.4 Å². The summed E-state index contributed by atoms with van der Waals surface area (Å²) >= 11 is 1.20. The van der Waals surface area contributed by atoms with Gasteiger partial charge >= 0.3 is 5.97 Å². The Kier molecular flexibility index (Phi) is 6.65. The topological polar surface area (TPSA) is 79.1 Å². The molecule has 2 aromatic carbocycles. The van der Waals surface area contributed by atoms with E-state index in [1.807, 2.05) is 0 Å². The maximum Gasteiger partial charge on any atom is 0.338 e. The Labute approximate surface area is 199 Å². The highest BCUT2D eigenvalue weighted by atomic mass is 32.1. The molecule has 176 valence electrons. The molecule has 0 spiro atoms. The van der Waals surface area contributed by atoms with Gasteiger partial charge in [0.15, 0.2) is 4.80 Å². The van der Waals surface area contributed by atoms with Crippen LogP contribution >= 0.6 is 11.3 Å². The fourth-order valence-corrected chi connectivity index (χ4v) is 4.87. The van der Waals surface area contributed by atoms with Gasteiger partial charge in [0.05, 0.1) is 42.7 Å². The third-order valence-electron chi connectivity index (χ3n) is 5.43. The first kappa shape index (κ1) is 23.4. The monoisotopic (exact) mass is 482 g/mol. The number of thiazole rings is 1. The van der Waals surface area contributed by atoms with E-state index in [0.717, 1.165) is 0 Å². The number of carbonyl (C=O) groups is 1. The molecule has 0 saturated heterocycles. The van der Waals surface area contributed by atoms with Crippen molar-refractivity contribution in [2.75, 3.05) is 20.8 Å². The molecule has 0 aliphatic carbocycles. The normalized spacial score (nSPS) is 15.6. The molecule has 1 unspecified atom stereocenters. The molecule has 0 radical (unpaired) electrons. The average Bonchev–Trinajstić information content (AvgIpc) is 3.13. The van der Waals surface area contributed by atoms with E-state index >= 15 is 0 Å². The smallest absolute Gasteiger partial charge is 0.338 e. The summed E-state index contributed by atoms with van der Waals surface area (Å²) in [6, 6.07) is 10.2. The molecule has 9 heteroatoms. The highest BCUT2D eigenvalue weighted by Crippen LogP contribution is 2.31. The van der Waals surface area contributed by atoms with Crippen molar-refractivity contribution in [3.8, 4) is 11.5 Å². The number of halogens is 1. The first-order chi connectivity index (χ1) is 16.4. The standard InChI is InChI=1S/C25H23FN2O5S/c1-5-33-24(30)21-14(2)27-25-28(22(21)15-6-9-17(26)10-7-15)23(29)20(34-25)12-16-8-11-18(31-3)13-19(16)32-4/h6-13,22H,5H2,1-4H3/b20-12+. The van der Waals surface area contributed by atoms with Gasteiger partial charge in [0.2, 0.25) is 0 Å². The Hall–Kier alpha value is -3.72. The molecule has 1 aliphatic rings. The summed E-state index contributed by atoms with van der Waals surface area (Å²) in [4.78, 5) is 31.4. The zero-order chi connectivity index (χ0) is 24.4. The minimum absolute atomic E-state index is 0.174. The van der Waals surface area contributed by atoms with Gasteiger partial charge in [-0.05, 0) is 49.8 Å². The molecule has 4 rings (SSSR count). The molecule has 0 saturated carbocycles. The minimum Gasteiger partial charge on any atom is -0.497 e. The van der Waals surface area contributed by atoms with Crippen LogP contribution in [0.4, 0.5) is 4.39 Å². The van der Waals surface area contributed by atoms with Crippen LogP contribution in [0.5, 0.6) is 11.5 Å². The number of esters is 1. The molecule has 0 bridgehead atoms. The van der Waals surface area contributed by atoms with Crippen molar-refractivity contribution >= 4 is 23.4 Å². The van der Waals surface area contributed by atoms with Crippen LogP contribution in [0.25, 0.3) is 6.08 Å². The van der Waals surface area contributed by atoms with E-state index in [2.05, 4.69) is 4.99 Å². The second-order valence-electron chi connectivity index (χ2n) is 7.46. The summed E-state index contributed by atoms with van der Waals surface area (Å²) in [5.74, 6) is 0.190. The van der Waals surface area contributed by atoms with E-state index < -0.39 is 17.8 Å². The Balaban J connectivity index is 1.94. The third-order valence-corrected chi connectivity index (χ3v) is 6.41. The molecule has 1 aliphatic heterocycles. The summed E-state index contributed by atoms with van der Waals surface area (Å²) in [5, 5.41) is 0. The number of benzene rings is 2. The van der Waals surface area contributed by atoms with E-state index in [-0.39, 0.29) is 17.7 Å². The molecule has 1 aromatic heterocycles. The molecular formula is C25H23FN2O5S. The van der Waals surface area contributed by atoms with Gasteiger partial charge in [0, 0.05) is 11.6 Å². The van der Waals surface area contributed by atoms with Crippen molar-refractivity contribution in [3.05, 3.63) is 90.4 Å². The van der Waals surface area contributed by atoms with Crippen LogP contribution in [0.2, 0.25) is 0 Å². The number of nitrogens with zero attached hydrogens (tertiary/aromatic N) is 2. The molecule has 3 aromatic rings. The fourth-order valence-electron chi connectivity index (χ4n) is 3.83. The SMILES string of the molecule is CCOC(=O)C1=C(C)N=c2s/c(=C/c3ccc(OC)cc3OC)c(=O)n2C1c1ccc(F)cc1. The second-order valence-corrected chi connectivity index (χ2v) is 8.47. The van der Waals surface area contributed by atoms with E-state index in [4.69, 9.17) is 14.2 Å². The van der Waals surface area contributed by atoms with Crippen molar-refractivity contribution < 1.29 is 23.4 Å². The highest BCUT2D eigenvalue weighted by molar-refractivity contribution is 7.07. The van der Waals surface area contributed by atoms with Crippen LogP contribution in [0.1, 0.15) is 31.0 Å². The van der Waals surface area contributed by atoms with Gasteiger partial charge in [-0.3, -0.25) is 9.36 Å². The molecule has 1 atom stereocenters.